The van der Waals surface area contributed by atoms with Crippen molar-refractivity contribution in [2.45, 2.75) is 6.92 Å². The second-order valence-corrected chi connectivity index (χ2v) is 4.20. The standard InChI is InChI=1S/C9H10BrN5O/c1-5-13-14-9(16-5)7-8(15(2)3)11-4-6(10)12-7/h4H,1-3H3. The van der Waals surface area contributed by atoms with Gasteiger partial charge in [0.15, 0.2) is 11.5 Å². The van der Waals surface area contributed by atoms with Gasteiger partial charge >= 0.3 is 0 Å². The molecule has 0 aliphatic rings. The second-order valence-electron chi connectivity index (χ2n) is 3.39. The van der Waals surface area contributed by atoms with Crippen LogP contribution in [0.2, 0.25) is 0 Å². The van der Waals surface area contributed by atoms with Gasteiger partial charge in [0, 0.05) is 21.0 Å². The van der Waals surface area contributed by atoms with Crippen molar-refractivity contribution in [1.82, 2.24) is 20.2 Å². The molecule has 0 aliphatic carbocycles. The van der Waals surface area contributed by atoms with Crippen LogP contribution in [0.3, 0.4) is 0 Å². The molecule has 0 unspecified atom stereocenters. The van der Waals surface area contributed by atoms with Crippen molar-refractivity contribution in [2.24, 2.45) is 0 Å². The Morgan fingerprint density at radius 1 is 1.31 bits per heavy atom. The number of hydrogen-bond acceptors (Lipinski definition) is 6. The van der Waals surface area contributed by atoms with Crippen LogP contribution in [0.15, 0.2) is 15.2 Å². The molecule has 2 heterocycles. The van der Waals surface area contributed by atoms with Gasteiger partial charge in [-0.25, -0.2) is 9.97 Å². The van der Waals surface area contributed by atoms with E-state index in [1.165, 1.54) is 0 Å². The fraction of sp³-hybridized carbons (Fsp3) is 0.333. The van der Waals surface area contributed by atoms with Crippen LogP contribution in [0.25, 0.3) is 11.6 Å². The van der Waals surface area contributed by atoms with Gasteiger partial charge in [0.2, 0.25) is 5.89 Å². The molecule has 0 aromatic carbocycles. The molecule has 0 fully saturated rings. The topological polar surface area (TPSA) is 67.9 Å². The quantitative estimate of drug-likeness (QED) is 0.835. The first-order valence-corrected chi connectivity index (χ1v) is 5.37. The highest BCUT2D eigenvalue weighted by Crippen LogP contribution is 2.25. The van der Waals surface area contributed by atoms with Gasteiger partial charge in [-0.1, -0.05) is 0 Å². The Morgan fingerprint density at radius 2 is 2.06 bits per heavy atom. The Morgan fingerprint density at radius 3 is 2.62 bits per heavy atom. The van der Waals surface area contributed by atoms with Crippen molar-refractivity contribution in [3.05, 3.63) is 16.7 Å². The number of aromatic nitrogens is 4. The molecular weight excluding hydrogens is 274 g/mol. The number of rotatable bonds is 2. The van der Waals surface area contributed by atoms with E-state index in [2.05, 4.69) is 36.1 Å². The third kappa shape index (κ3) is 2.04. The minimum atomic E-state index is 0.370. The zero-order valence-corrected chi connectivity index (χ0v) is 10.7. The van der Waals surface area contributed by atoms with Crippen LogP contribution in [-0.2, 0) is 0 Å². The highest BCUT2D eigenvalue weighted by molar-refractivity contribution is 9.10. The SMILES string of the molecule is Cc1nnc(-c2nc(Br)cnc2N(C)C)o1. The highest BCUT2D eigenvalue weighted by atomic mass is 79.9. The number of aryl methyl sites for hydroxylation is 1. The minimum absolute atomic E-state index is 0.370. The second kappa shape index (κ2) is 4.17. The maximum atomic E-state index is 5.34. The van der Waals surface area contributed by atoms with E-state index in [1.54, 1.807) is 13.1 Å². The number of halogens is 1. The van der Waals surface area contributed by atoms with Crippen LogP contribution in [0.4, 0.5) is 5.82 Å². The van der Waals surface area contributed by atoms with Crippen LogP contribution in [0.1, 0.15) is 5.89 Å². The molecule has 84 valence electrons. The maximum absolute atomic E-state index is 5.34. The molecule has 0 N–H and O–H groups in total. The van der Waals surface area contributed by atoms with Crippen LogP contribution in [0, 0.1) is 6.92 Å². The summed E-state index contributed by atoms with van der Waals surface area (Å²) in [7, 11) is 3.76. The Balaban J connectivity index is 2.57. The van der Waals surface area contributed by atoms with Crippen LogP contribution >= 0.6 is 15.9 Å². The van der Waals surface area contributed by atoms with E-state index in [9.17, 15) is 0 Å². The lowest BCUT2D eigenvalue weighted by Crippen LogP contribution is -2.13. The van der Waals surface area contributed by atoms with E-state index >= 15 is 0 Å². The first kappa shape index (κ1) is 11.0. The van der Waals surface area contributed by atoms with E-state index in [1.807, 2.05) is 19.0 Å². The maximum Gasteiger partial charge on any atom is 0.270 e. The summed E-state index contributed by atoms with van der Waals surface area (Å²) < 4.78 is 5.97. The predicted molar refractivity (Wildman–Crippen MR) is 62.1 cm³/mol. The zero-order valence-electron chi connectivity index (χ0n) is 9.10. The third-order valence-electron chi connectivity index (χ3n) is 1.88. The third-order valence-corrected chi connectivity index (χ3v) is 2.26. The van der Waals surface area contributed by atoms with Crippen LogP contribution in [0.5, 0.6) is 0 Å². The van der Waals surface area contributed by atoms with E-state index in [4.69, 9.17) is 4.42 Å². The summed E-state index contributed by atoms with van der Waals surface area (Å²) in [6.07, 6.45) is 1.63. The van der Waals surface area contributed by atoms with E-state index < -0.39 is 0 Å². The molecule has 0 aliphatic heterocycles. The molecule has 2 rings (SSSR count). The lowest BCUT2D eigenvalue weighted by molar-refractivity contribution is 0.530. The monoisotopic (exact) mass is 283 g/mol. The minimum Gasteiger partial charge on any atom is -0.420 e. The fourth-order valence-electron chi connectivity index (χ4n) is 1.22. The normalized spacial score (nSPS) is 10.5. The molecular formula is C9H10BrN5O. The van der Waals surface area contributed by atoms with Gasteiger partial charge in [0.1, 0.15) is 4.60 Å². The summed E-state index contributed by atoms with van der Waals surface area (Å²) in [4.78, 5) is 10.4. The largest absolute Gasteiger partial charge is 0.420 e. The van der Waals surface area contributed by atoms with Gasteiger partial charge in [-0.05, 0) is 15.9 Å². The molecule has 6 nitrogen and oxygen atoms in total. The first-order valence-electron chi connectivity index (χ1n) is 4.58. The Labute approximate surface area is 101 Å². The molecule has 0 radical (unpaired) electrons. The van der Waals surface area contributed by atoms with Gasteiger partial charge in [0.05, 0.1) is 6.20 Å². The van der Waals surface area contributed by atoms with Gasteiger partial charge in [0.25, 0.3) is 5.89 Å². The summed E-state index contributed by atoms with van der Waals surface area (Å²) in [5.74, 6) is 1.56. The fourth-order valence-corrected chi connectivity index (χ4v) is 1.50. The van der Waals surface area contributed by atoms with Crippen molar-refractivity contribution >= 4 is 21.7 Å². The van der Waals surface area contributed by atoms with Gasteiger partial charge in [-0.2, -0.15) is 0 Å². The Hall–Kier alpha value is -1.50. The molecule has 0 bridgehead atoms. The summed E-state index contributed by atoms with van der Waals surface area (Å²) >= 11 is 3.27. The molecule has 0 amide bonds. The van der Waals surface area contributed by atoms with Crippen molar-refractivity contribution in [3.8, 4) is 11.6 Å². The molecule has 0 saturated heterocycles. The molecule has 16 heavy (non-hydrogen) atoms. The van der Waals surface area contributed by atoms with Crippen LogP contribution < -0.4 is 4.90 Å². The van der Waals surface area contributed by atoms with Gasteiger partial charge in [-0.15, -0.1) is 10.2 Å². The zero-order chi connectivity index (χ0) is 11.7. The van der Waals surface area contributed by atoms with Gasteiger partial charge < -0.3 is 9.32 Å². The lowest BCUT2D eigenvalue weighted by atomic mass is 10.4. The number of nitrogens with zero attached hydrogens (tertiary/aromatic N) is 5. The van der Waals surface area contributed by atoms with Crippen molar-refractivity contribution in [3.63, 3.8) is 0 Å². The first-order chi connectivity index (χ1) is 7.58. The summed E-state index contributed by atoms with van der Waals surface area (Å²) in [5, 5.41) is 7.71. The van der Waals surface area contributed by atoms with E-state index in [-0.39, 0.29) is 0 Å². The average Bonchev–Trinajstić information content (AvgIpc) is 2.64. The predicted octanol–water partition coefficient (Wildman–Crippen LogP) is 1.66. The summed E-state index contributed by atoms with van der Waals surface area (Å²) in [5.41, 5.74) is 0.569. The molecule has 0 spiro atoms. The molecule has 2 aromatic rings. The summed E-state index contributed by atoms with van der Waals surface area (Å²) in [6.45, 7) is 1.73. The average molecular weight is 284 g/mol. The molecule has 0 atom stereocenters. The smallest absolute Gasteiger partial charge is 0.270 e. The van der Waals surface area contributed by atoms with Crippen molar-refractivity contribution in [1.29, 1.82) is 0 Å². The molecule has 0 saturated carbocycles. The van der Waals surface area contributed by atoms with Gasteiger partial charge in [-0.3, -0.25) is 0 Å². The highest BCUT2D eigenvalue weighted by Gasteiger charge is 2.16. The summed E-state index contributed by atoms with van der Waals surface area (Å²) in [6, 6.07) is 0. The van der Waals surface area contributed by atoms with Crippen molar-refractivity contribution < 1.29 is 4.42 Å². The number of hydrogen-bond donors (Lipinski definition) is 0. The Bertz CT molecular complexity index is 510. The van der Waals surface area contributed by atoms with E-state index in [0.29, 0.717) is 27.9 Å². The molecule has 7 heteroatoms. The lowest BCUT2D eigenvalue weighted by Gasteiger charge is -2.12. The number of anilines is 1. The molecule has 2 aromatic heterocycles. The van der Waals surface area contributed by atoms with Crippen LogP contribution in [-0.4, -0.2) is 34.3 Å². The van der Waals surface area contributed by atoms with Crippen molar-refractivity contribution in [2.75, 3.05) is 19.0 Å². The van der Waals surface area contributed by atoms with E-state index in [0.717, 1.165) is 0 Å². The Kier molecular flexibility index (Phi) is 2.86.